The first-order valence-electron chi connectivity index (χ1n) is 10.3. The summed E-state index contributed by atoms with van der Waals surface area (Å²) in [5.74, 6) is -2.18. The van der Waals surface area contributed by atoms with E-state index in [9.17, 15) is 24.0 Å². The maximum Gasteiger partial charge on any atom is 0.328 e. The zero-order valence-corrected chi connectivity index (χ0v) is 17.8. The van der Waals surface area contributed by atoms with E-state index >= 15 is 0 Å². The summed E-state index contributed by atoms with van der Waals surface area (Å²) in [6.45, 7) is 5.00. The number of carbonyl (C=O) groups excluding carboxylic acids is 5. The fraction of sp³-hybridized carbons (Fsp3) is 0.500. The Morgan fingerprint density at radius 3 is 2.26 bits per heavy atom. The Morgan fingerprint density at radius 1 is 1.06 bits per heavy atom. The van der Waals surface area contributed by atoms with Crippen LogP contribution in [0, 0.1) is 11.3 Å². The van der Waals surface area contributed by atoms with E-state index in [0.717, 1.165) is 16.2 Å². The number of hydrogen-bond donors (Lipinski definition) is 1. The van der Waals surface area contributed by atoms with Crippen molar-refractivity contribution in [2.45, 2.75) is 45.6 Å². The largest absolute Gasteiger partial charge is 0.442 e. The lowest BCUT2D eigenvalue weighted by Gasteiger charge is -2.43. The molecule has 2 aliphatic heterocycles. The minimum Gasteiger partial charge on any atom is -0.442 e. The molecule has 1 spiro atoms. The Labute approximate surface area is 179 Å². The highest BCUT2D eigenvalue weighted by atomic mass is 16.5. The van der Waals surface area contributed by atoms with Crippen LogP contribution in [0.3, 0.4) is 0 Å². The van der Waals surface area contributed by atoms with E-state index in [4.69, 9.17) is 4.74 Å². The predicted molar refractivity (Wildman–Crippen MR) is 108 cm³/mol. The highest BCUT2D eigenvalue weighted by Gasteiger charge is 2.56. The summed E-state index contributed by atoms with van der Waals surface area (Å²) < 4.78 is 5.07. The van der Waals surface area contributed by atoms with Crippen molar-refractivity contribution < 1.29 is 28.7 Å². The molecule has 2 heterocycles. The summed E-state index contributed by atoms with van der Waals surface area (Å²) in [5.41, 5.74) is -0.647. The Balaban J connectivity index is 1.39. The number of rotatable bonds is 4. The summed E-state index contributed by atoms with van der Waals surface area (Å²) in [4.78, 5) is 64.3. The van der Waals surface area contributed by atoms with Crippen LogP contribution in [-0.2, 0) is 14.3 Å². The number of amides is 5. The van der Waals surface area contributed by atoms with E-state index in [1.807, 2.05) is 6.92 Å². The quantitative estimate of drug-likeness (QED) is 0.446. The lowest BCUT2D eigenvalue weighted by Crippen LogP contribution is -2.54. The van der Waals surface area contributed by atoms with Gasteiger partial charge in [0, 0.05) is 0 Å². The number of benzene rings is 1. The van der Waals surface area contributed by atoms with Crippen molar-refractivity contribution in [2.75, 3.05) is 13.3 Å². The van der Waals surface area contributed by atoms with E-state index in [1.165, 1.54) is 12.1 Å². The van der Waals surface area contributed by atoms with Crippen LogP contribution in [0.2, 0.25) is 0 Å². The number of imide groups is 2. The van der Waals surface area contributed by atoms with Crippen molar-refractivity contribution in [1.82, 2.24) is 15.1 Å². The number of nitrogens with one attached hydrogen (secondary N) is 1. The maximum absolute atomic E-state index is 13.1. The average Bonchev–Trinajstić information content (AvgIpc) is 3.04. The Kier molecular flexibility index (Phi) is 4.87. The molecule has 0 aromatic heterocycles. The van der Waals surface area contributed by atoms with E-state index in [1.54, 1.807) is 12.1 Å². The van der Waals surface area contributed by atoms with Gasteiger partial charge in [-0.2, -0.15) is 0 Å². The molecule has 9 nitrogen and oxygen atoms in total. The molecule has 164 valence electrons. The van der Waals surface area contributed by atoms with E-state index in [2.05, 4.69) is 19.2 Å². The second kappa shape index (κ2) is 7.18. The molecule has 31 heavy (non-hydrogen) atoms. The van der Waals surface area contributed by atoms with Gasteiger partial charge in [0.2, 0.25) is 0 Å². The van der Waals surface area contributed by atoms with Crippen LogP contribution in [0.25, 0.3) is 0 Å². The molecule has 3 aliphatic rings. The molecule has 1 aromatic carbocycles. The second-order valence-corrected chi connectivity index (χ2v) is 9.49. The number of nitrogens with zero attached hydrogens (tertiary/aromatic N) is 2. The molecule has 1 saturated carbocycles. The number of esters is 1. The number of carbonyl (C=O) groups is 5. The molecule has 1 aliphatic carbocycles. The fourth-order valence-corrected chi connectivity index (χ4v) is 5.32. The number of urea groups is 1. The summed E-state index contributed by atoms with van der Waals surface area (Å²) in [7, 11) is 0. The molecule has 0 unspecified atom stereocenters. The molecule has 0 radical (unpaired) electrons. The van der Waals surface area contributed by atoms with Crippen molar-refractivity contribution in [1.29, 1.82) is 0 Å². The van der Waals surface area contributed by atoms with Crippen LogP contribution in [0.5, 0.6) is 0 Å². The van der Waals surface area contributed by atoms with Gasteiger partial charge in [0.25, 0.3) is 17.7 Å². The summed E-state index contributed by atoms with van der Waals surface area (Å²) in [6.07, 6.45) is 1.96. The normalized spacial score (nSPS) is 27.0. The molecule has 5 amide bonds. The van der Waals surface area contributed by atoms with Crippen molar-refractivity contribution in [3.05, 3.63) is 35.4 Å². The minimum atomic E-state index is -1.01. The van der Waals surface area contributed by atoms with Gasteiger partial charge in [0.15, 0.2) is 6.73 Å². The lowest BCUT2D eigenvalue weighted by atomic mass is 9.64. The van der Waals surface area contributed by atoms with Crippen LogP contribution in [0.4, 0.5) is 4.79 Å². The maximum atomic E-state index is 13.1. The first-order valence-corrected chi connectivity index (χ1v) is 10.3. The molecule has 9 heteroatoms. The molecular weight excluding hydrogens is 402 g/mol. The first-order chi connectivity index (χ1) is 14.5. The van der Waals surface area contributed by atoms with Gasteiger partial charge < -0.3 is 10.1 Å². The molecule has 1 aromatic rings. The first kappa shape index (κ1) is 21.0. The smallest absolute Gasteiger partial charge is 0.328 e. The highest BCUT2D eigenvalue weighted by Crippen LogP contribution is 2.46. The van der Waals surface area contributed by atoms with E-state index in [0.29, 0.717) is 12.8 Å². The highest BCUT2D eigenvalue weighted by molar-refractivity contribution is 6.21. The minimum absolute atomic E-state index is 0.122. The zero-order chi connectivity index (χ0) is 22.6. The molecule has 0 bridgehead atoms. The zero-order valence-electron chi connectivity index (χ0n) is 17.8. The van der Waals surface area contributed by atoms with Crippen molar-refractivity contribution in [2.24, 2.45) is 11.3 Å². The Morgan fingerprint density at radius 2 is 1.68 bits per heavy atom. The molecule has 1 saturated heterocycles. The third-order valence-corrected chi connectivity index (χ3v) is 6.14. The fourth-order valence-electron chi connectivity index (χ4n) is 5.32. The van der Waals surface area contributed by atoms with Gasteiger partial charge in [-0.15, -0.1) is 0 Å². The Bertz CT molecular complexity index is 968. The van der Waals surface area contributed by atoms with Gasteiger partial charge in [-0.3, -0.25) is 24.1 Å². The topological polar surface area (TPSA) is 113 Å². The van der Waals surface area contributed by atoms with Crippen molar-refractivity contribution in [3.63, 3.8) is 0 Å². The number of fused-ring (bicyclic) bond motifs is 1. The van der Waals surface area contributed by atoms with Crippen LogP contribution in [-0.4, -0.2) is 58.3 Å². The van der Waals surface area contributed by atoms with Gasteiger partial charge in [-0.25, -0.2) is 9.69 Å². The second-order valence-electron chi connectivity index (χ2n) is 9.49. The van der Waals surface area contributed by atoms with Crippen molar-refractivity contribution >= 4 is 29.7 Å². The van der Waals surface area contributed by atoms with E-state index in [-0.39, 0.29) is 22.5 Å². The van der Waals surface area contributed by atoms with E-state index < -0.39 is 48.5 Å². The van der Waals surface area contributed by atoms with Gasteiger partial charge in [0.1, 0.15) is 12.1 Å². The number of hydrogen-bond acceptors (Lipinski definition) is 6. The van der Waals surface area contributed by atoms with Crippen LogP contribution in [0.15, 0.2) is 24.3 Å². The third-order valence-electron chi connectivity index (χ3n) is 6.14. The summed E-state index contributed by atoms with van der Waals surface area (Å²) >= 11 is 0. The van der Waals surface area contributed by atoms with Gasteiger partial charge >= 0.3 is 12.0 Å². The third kappa shape index (κ3) is 3.58. The van der Waals surface area contributed by atoms with Crippen molar-refractivity contribution in [3.8, 4) is 0 Å². The lowest BCUT2D eigenvalue weighted by molar-refractivity contribution is -0.150. The SMILES string of the molecule is C[C@H]1CC(C)(C)C[C@@]2(C1)NC(=O)N(CC(=O)OCN1C(=O)c3ccccc3C1=O)C2=O. The molecular formula is C22H25N3O6. The molecule has 2 atom stereocenters. The molecule has 4 rings (SSSR count). The van der Waals surface area contributed by atoms with Gasteiger partial charge in [-0.05, 0) is 42.7 Å². The predicted octanol–water partition coefficient (Wildman–Crippen LogP) is 1.92. The average molecular weight is 427 g/mol. The Hall–Kier alpha value is -3.23. The molecule has 2 fully saturated rings. The summed E-state index contributed by atoms with van der Waals surface area (Å²) in [6, 6.07) is 5.70. The summed E-state index contributed by atoms with van der Waals surface area (Å²) in [5, 5.41) is 2.79. The molecule has 1 N–H and O–H groups in total. The monoisotopic (exact) mass is 427 g/mol. The van der Waals surface area contributed by atoms with Gasteiger partial charge in [-0.1, -0.05) is 32.9 Å². The van der Waals surface area contributed by atoms with Crippen LogP contribution in [0.1, 0.15) is 60.7 Å². The standard InChI is InChI=1S/C22H25N3O6/c1-13-8-21(2,3)11-22(9-13)19(29)24(20(30)23-22)10-16(26)31-12-25-17(27)14-6-4-5-7-15(14)18(25)28/h4-7,13H,8-12H2,1-3H3,(H,23,30)/t13-,22+/m0/s1. The van der Waals surface area contributed by atoms with Gasteiger partial charge in [0.05, 0.1) is 11.1 Å². The number of ether oxygens (including phenoxy) is 1. The van der Waals surface area contributed by atoms with Crippen LogP contribution >= 0.6 is 0 Å². The van der Waals surface area contributed by atoms with Crippen LogP contribution < -0.4 is 5.32 Å².